The van der Waals surface area contributed by atoms with Crippen LogP contribution in [-0.4, -0.2) is 31.2 Å². The number of rotatable bonds is 6. The lowest BCUT2D eigenvalue weighted by Gasteiger charge is -2.13. The third kappa shape index (κ3) is 4.56. The summed E-state index contributed by atoms with van der Waals surface area (Å²) in [5.74, 6) is -0.446. The summed E-state index contributed by atoms with van der Waals surface area (Å²) >= 11 is 0. The Morgan fingerprint density at radius 3 is 2.60 bits per heavy atom. The lowest BCUT2D eigenvalue weighted by molar-refractivity contribution is -0.121. The van der Waals surface area contributed by atoms with E-state index in [4.69, 9.17) is 4.74 Å². The third-order valence-electron chi connectivity index (χ3n) is 4.02. The predicted molar refractivity (Wildman–Crippen MR) is 91.8 cm³/mol. The van der Waals surface area contributed by atoms with Crippen molar-refractivity contribution >= 4 is 17.7 Å². The summed E-state index contributed by atoms with van der Waals surface area (Å²) in [7, 11) is 0. The van der Waals surface area contributed by atoms with E-state index < -0.39 is 12.2 Å². The van der Waals surface area contributed by atoms with Gasteiger partial charge < -0.3 is 10.1 Å². The summed E-state index contributed by atoms with van der Waals surface area (Å²) in [4.78, 5) is 25.3. The Hall–Kier alpha value is -2.89. The summed E-state index contributed by atoms with van der Waals surface area (Å²) < 4.78 is 18.2. The fraction of sp³-hybridized carbons (Fsp3) is 0.263. The van der Waals surface area contributed by atoms with E-state index in [-0.39, 0.29) is 18.3 Å². The summed E-state index contributed by atoms with van der Waals surface area (Å²) in [6.07, 6.45) is 0.138. The van der Waals surface area contributed by atoms with Gasteiger partial charge in [0.25, 0.3) is 0 Å². The molecule has 5 nitrogen and oxygen atoms in total. The van der Waals surface area contributed by atoms with Crippen molar-refractivity contribution in [3.8, 4) is 0 Å². The zero-order chi connectivity index (χ0) is 17.6. The van der Waals surface area contributed by atoms with E-state index in [0.717, 1.165) is 5.56 Å². The van der Waals surface area contributed by atoms with Gasteiger partial charge >= 0.3 is 6.09 Å². The average Bonchev–Trinajstić information content (AvgIpc) is 3.00. The SMILES string of the molecule is O=C(CCc1ccccc1)NCC1CN(c2ccc(F)cc2)C(=O)O1. The van der Waals surface area contributed by atoms with Crippen LogP contribution in [0.15, 0.2) is 54.6 Å². The van der Waals surface area contributed by atoms with Crippen LogP contribution in [0, 0.1) is 5.82 Å². The molecule has 1 atom stereocenters. The van der Waals surface area contributed by atoms with Crippen LogP contribution in [0.1, 0.15) is 12.0 Å². The third-order valence-corrected chi connectivity index (χ3v) is 4.02. The number of halogens is 1. The number of nitrogens with one attached hydrogen (secondary N) is 1. The molecular weight excluding hydrogens is 323 g/mol. The van der Waals surface area contributed by atoms with Crippen molar-refractivity contribution in [1.29, 1.82) is 0 Å². The summed E-state index contributed by atoms with van der Waals surface area (Å²) in [5.41, 5.74) is 1.68. The van der Waals surface area contributed by atoms with Gasteiger partial charge in [-0.2, -0.15) is 0 Å². The number of nitrogens with zero attached hydrogens (tertiary/aromatic N) is 1. The molecule has 2 amide bonds. The maximum absolute atomic E-state index is 13.0. The highest BCUT2D eigenvalue weighted by molar-refractivity contribution is 5.89. The van der Waals surface area contributed by atoms with Crippen LogP contribution < -0.4 is 10.2 Å². The molecule has 1 unspecified atom stereocenters. The smallest absolute Gasteiger partial charge is 0.414 e. The number of amides is 2. The number of carbonyl (C=O) groups is 2. The van der Waals surface area contributed by atoms with Crippen molar-refractivity contribution in [2.45, 2.75) is 18.9 Å². The van der Waals surface area contributed by atoms with E-state index >= 15 is 0 Å². The second kappa shape index (κ2) is 7.79. The molecule has 1 aliphatic heterocycles. The Kier molecular flexibility index (Phi) is 5.28. The molecule has 1 N–H and O–H groups in total. The van der Waals surface area contributed by atoms with Gasteiger partial charge in [-0.05, 0) is 36.2 Å². The zero-order valence-electron chi connectivity index (χ0n) is 13.7. The molecule has 0 saturated carbocycles. The van der Waals surface area contributed by atoms with Crippen LogP contribution in [0.3, 0.4) is 0 Å². The molecule has 1 heterocycles. The Labute approximate surface area is 145 Å². The van der Waals surface area contributed by atoms with E-state index in [9.17, 15) is 14.0 Å². The molecular formula is C19H19FN2O3. The summed E-state index contributed by atoms with van der Waals surface area (Å²) in [6, 6.07) is 15.4. The highest BCUT2D eigenvalue weighted by Gasteiger charge is 2.32. The standard InChI is InChI=1S/C19H19FN2O3/c20-15-7-9-16(10-8-15)22-13-17(25-19(22)24)12-21-18(23)11-6-14-4-2-1-3-5-14/h1-5,7-10,17H,6,11-13H2,(H,21,23). The van der Waals surface area contributed by atoms with Gasteiger partial charge in [-0.25, -0.2) is 9.18 Å². The number of ether oxygens (including phenoxy) is 1. The van der Waals surface area contributed by atoms with Crippen LogP contribution in [0.25, 0.3) is 0 Å². The number of cyclic esters (lactones) is 1. The normalized spacial score (nSPS) is 16.6. The number of anilines is 1. The first-order chi connectivity index (χ1) is 12.1. The van der Waals surface area contributed by atoms with Gasteiger partial charge in [0.15, 0.2) is 0 Å². The lowest BCUT2D eigenvalue weighted by atomic mass is 10.1. The zero-order valence-corrected chi connectivity index (χ0v) is 13.7. The van der Waals surface area contributed by atoms with Gasteiger partial charge in [-0.3, -0.25) is 9.69 Å². The molecule has 3 rings (SSSR count). The molecule has 0 aromatic heterocycles. The largest absolute Gasteiger partial charge is 0.442 e. The molecule has 0 aliphatic carbocycles. The van der Waals surface area contributed by atoms with E-state index in [0.29, 0.717) is 25.1 Å². The van der Waals surface area contributed by atoms with E-state index in [1.54, 1.807) is 0 Å². The van der Waals surface area contributed by atoms with Gasteiger partial charge in [0.2, 0.25) is 5.91 Å². The first-order valence-electron chi connectivity index (χ1n) is 8.16. The van der Waals surface area contributed by atoms with Crippen molar-refractivity contribution in [2.24, 2.45) is 0 Å². The molecule has 2 aromatic rings. The van der Waals surface area contributed by atoms with Gasteiger partial charge in [0.1, 0.15) is 11.9 Å². The number of aryl methyl sites for hydroxylation is 1. The minimum absolute atomic E-state index is 0.0832. The Bertz CT molecular complexity index is 734. The molecule has 1 aliphatic rings. The molecule has 0 spiro atoms. The Morgan fingerprint density at radius 1 is 1.16 bits per heavy atom. The predicted octanol–water partition coefficient (Wildman–Crippen LogP) is 2.90. The van der Waals surface area contributed by atoms with E-state index in [2.05, 4.69) is 5.32 Å². The monoisotopic (exact) mass is 342 g/mol. The highest BCUT2D eigenvalue weighted by atomic mass is 19.1. The van der Waals surface area contributed by atoms with Crippen LogP contribution in [0.2, 0.25) is 0 Å². The number of hydrogen-bond donors (Lipinski definition) is 1. The van der Waals surface area contributed by atoms with Crippen LogP contribution in [-0.2, 0) is 16.0 Å². The van der Waals surface area contributed by atoms with Crippen molar-refractivity contribution in [3.63, 3.8) is 0 Å². The average molecular weight is 342 g/mol. The molecule has 25 heavy (non-hydrogen) atoms. The first kappa shape index (κ1) is 17.0. The van der Waals surface area contributed by atoms with E-state index in [1.807, 2.05) is 30.3 Å². The Balaban J connectivity index is 1.45. The van der Waals surface area contributed by atoms with E-state index in [1.165, 1.54) is 29.2 Å². The molecule has 1 fully saturated rings. The summed E-state index contributed by atoms with van der Waals surface area (Å²) in [5, 5.41) is 2.79. The van der Waals surface area contributed by atoms with Gasteiger partial charge in [0.05, 0.1) is 13.1 Å². The fourth-order valence-corrected chi connectivity index (χ4v) is 2.68. The Morgan fingerprint density at radius 2 is 1.88 bits per heavy atom. The van der Waals surface area contributed by atoms with Crippen molar-refractivity contribution in [2.75, 3.05) is 18.0 Å². The van der Waals surface area contributed by atoms with Gasteiger partial charge in [0, 0.05) is 12.1 Å². The first-order valence-corrected chi connectivity index (χ1v) is 8.16. The number of carbonyl (C=O) groups excluding carboxylic acids is 2. The van der Waals surface area contributed by atoms with Crippen molar-refractivity contribution < 1.29 is 18.7 Å². The second-order valence-electron chi connectivity index (χ2n) is 5.88. The minimum atomic E-state index is -0.491. The highest BCUT2D eigenvalue weighted by Crippen LogP contribution is 2.21. The number of hydrogen-bond acceptors (Lipinski definition) is 3. The molecule has 1 saturated heterocycles. The maximum atomic E-state index is 13.0. The maximum Gasteiger partial charge on any atom is 0.414 e. The summed E-state index contributed by atoms with van der Waals surface area (Å²) in [6.45, 7) is 0.584. The van der Waals surface area contributed by atoms with Crippen LogP contribution in [0.5, 0.6) is 0 Å². The second-order valence-corrected chi connectivity index (χ2v) is 5.88. The lowest BCUT2D eigenvalue weighted by Crippen LogP contribution is -2.34. The van der Waals surface area contributed by atoms with Crippen LogP contribution in [0.4, 0.5) is 14.9 Å². The topological polar surface area (TPSA) is 58.6 Å². The number of benzene rings is 2. The molecule has 6 heteroatoms. The fourth-order valence-electron chi connectivity index (χ4n) is 2.68. The molecule has 0 radical (unpaired) electrons. The molecule has 2 aromatic carbocycles. The molecule has 0 bridgehead atoms. The van der Waals surface area contributed by atoms with Crippen LogP contribution >= 0.6 is 0 Å². The van der Waals surface area contributed by atoms with Gasteiger partial charge in [-0.15, -0.1) is 0 Å². The quantitative estimate of drug-likeness (QED) is 0.878. The van der Waals surface area contributed by atoms with Crippen molar-refractivity contribution in [3.05, 3.63) is 66.0 Å². The minimum Gasteiger partial charge on any atom is -0.442 e. The molecule has 130 valence electrons. The van der Waals surface area contributed by atoms with Crippen molar-refractivity contribution in [1.82, 2.24) is 5.32 Å². The van der Waals surface area contributed by atoms with Gasteiger partial charge in [-0.1, -0.05) is 30.3 Å².